The van der Waals surface area contributed by atoms with Gasteiger partial charge in [-0.25, -0.2) is 9.78 Å². The van der Waals surface area contributed by atoms with Crippen molar-refractivity contribution in [2.24, 2.45) is 0 Å². The Hall–Kier alpha value is -2.08. The van der Waals surface area contributed by atoms with Gasteiger partial charge in [-0.05, 0) is 13.0 Å². The number of nitrogens with two attached hydrogens (primary N) is 1. The summed E-state index contributed by atoms with van der Waals surface area (Å²) in [6, 6.07) is 1.66. The van der Waals surface area contributed by atoms with E-state index in [1.54, 1.807) is 13.0 Å². The molecule has 18 heavy (non-hydrogen) atoms. The Bertz CT molecular complexity index is 633. The third-order valence-corrected chi connectivity index (χ3v) is 3.00. The van der Waals surface area contributed by atoms with Crippen LogP contribution in [0, 0.1) is 0 Å². The molecule has 0 amide bonds. The van der Waals surface area contributed by atoms with Crippen LogP contribution < -0.4 is 5.73 Å². The number of carbonyl (C=O) groups excluding carboxylic acids is 1. The predicted octanol–water partition coefficient (Wildman–Crippen LogP) is 1.35. The Morgan fingerprint density at radius 1 is 1.56 bits per heavy atom. The zero-order valence-electron chi connectivity index (χ0n) is 9.95. The number of pyridine rings is 1. The Morgan fingerprint density at radius 3 is 3.11 bits per heavy atom. The summed E-state index contributed by atoms with van der Waals surface area (Å²) in [6.45, 7) is 3.06. The van der Waals surface area contributed by atoms with Crippen molar-refractivity contribution in [3.05, 3.63) is 22.9 Å². The SMILES string of the molecule is CCOC(=O)c1cc2nc(N)c3c(c2[nH]1)COC3. The van der Waals surface area contributed by atoms with Gasteiger partial charge in [0.1, 0.15) is 11.5 Å². The number of nitrogens with one attached hydrogen (secondary N) is 1. The molecule has 2 aromatic rings. The van der Waals surface area contributed by atoms with Gasteiger partial charge in [-0.3, -0.25) is 0 Å². The van der Waals surface area contributed by atoms with Crippen LogP contribution in [0.25, 0.3) is 11.0 Å². The van der Waals surface area contributed by atoms with E-state index in [9.17, 15) is 4.79 Å². The number of fused-ring (bicyclic) bond motifs is 3. The fraction of sp³-hybridized carbons (Fsp3) is 0.333. The lowest BCUT2D eigenvalue weighted by Gasteiger charge is -2.01. The minimum Gasteiger partial charge on any atom is -0.461 e. The summed E-state index contributed by atoms with van der Waals surface area (Å²) < 4.78 is 10.3. The first kappa shape index (κ1) is 11.0. The standard InChI is InChI=1S/C12H13N3O3/c1-2-18-12(16)9-3-8-10(14-9)6-4-17-5-7(6)11(13)15-8/h3,14H,2,4-5H2,1H3,(H2,13,15). The van der Waals surface area contributed by atoms with Crippen molar-refractivity contribution in [1.82, 2.24) is 9.97 Å². The minimum absolute atomic E-state index is 0.338. The second-order valence-corrected chi connectivity index (χ2v) is 4.11. The maximum atomic E-state index is 11.7. The van der Waals surface area contributed by atoms with Crippen LogP contribution in [0.2, 0.25) is 0 Å². The molecule has 6 nitrogen and oxygen atoms in total. The Balaban J connectivity index is 2.15. The molecule has 0 bridgehead atoms. The smallest absolute Gasteiger partial charge is 0.354 e. The average molecular weight is 247 g/mol. The van der Waals surface area contributed by atoms with Crippen LogP contribution in [0.5, 0.6) is 0 Å². The van der Waals surface area contributed by atoms with Gasteiger partial charge in [-0.15, -0.1) is 0 Å². The highest BCUT2D eigenvalue weighted by Gasteiger charge is 2.22. The number of esters is 1. The van der Waals surface area contributed by atoms with Crippen LogP contribution in [-0.2, 0) is 22.7 Å². The van der Waals surface area contributed by atoms with Gasteiger partial charge in [0.25, 0.3) is 0 Å². The predicted molar refractivity (Wildman–Crippen MR) is 65.0 cm³/mol. The Kier molecular flexibility index (Phi) is 2.45. The first-order chi connectivity index (χ1) is 8.70. The van der Waals surface area contributed by atoms with E-state index in [2.05, 4.69) is 9.97 Å². The number of aromatic amines is 1. The number of nitrogens with zero attached hydrogens (tertiary/aromatic N) is 1. The molecule has 6 heteroatoms. The number of nitrogen functional groups attached to an aromatic ring is 1. The molecule has 0 atom stereocenters. The number of hydrogen-bond acceptors (Lipinski definition) is 5. The molecule has 0 spiro atoms. The van der Waals surface area contributed by atoms with E-state index in [1.807, 2.05) is 0 Å². The molecule has 2 aromatic heterocycles. The zero-order chi connectivity index (χ0) is 12.7. The number of aromatic nitrogens is 2. The lowest BCUT2D eigenvalue weighted by atomic mass is 10.1. The highest BCUT2D eigenvalue weighted by molar-refractivity contribution is 5.95. The number of H-pyrrole nitrogens is 1. The number of anilines is 1. The van der Waals surface area contributed by atoms with Crippen LogP contribution in [0.1, 0.15) is 28.5 Å². The Labute approximate surface area is 103 Å². The molecule has 0 fully saturated rings. The first-order valence-corrected chi connectivity index (χ1v) is 5.75. The van der Waals surface area contributed by atoms with E-state index in [4.69, 9.17) is 15.2 Å². The van der Waals surface area contributed by atoms with Crippen LogP contribution in [0.4, 0.5) is 5.82 Å². The van der Waals surface area contributed by atoms with Crippen molar-refractivity contribution >= 4 is 22.8 Å². The molecule has 0 saturated heterocycles. The van der Waals surface area contributed by atoms with Crippen LogP contribution in [0.3, 0.4) is 0 Å². The summed E-state index contributed by atoms with van der Waals surface area (Å²) in [5.74, 6) is 0.0751. The van der Waals surface area contributed by atoms with Gasteiger partial charge in [-0.1, -0.05) is 0 Å². The highest BCUT2D eigenvalue weighted by Crippen LogP contribution is 2.31. The minimum atomic E-state index is -0.387. The molecule has 0 aromatic carbocycles. The van der Waals surface area contributed by atoms with E-state index in [0.717, 1.165) is 16.6 Å². The highest BCUT2D eigenvalue weighted by atomic mass is 16.5. The maximum Gasteiger partial charge on any atom is 0.354 e. The number of hydrogen-bond donors (Lipinski definition) is 2. The number of rotatable bonds is 2. The monoisotopic (exact) mass is 247 g/mol. The molecular weight excluding hydrogens is 234 g/mol. The molecular formula is C12H13N3O3. The van der Waals surface area contributed by atoms with Crippen molar-refractivity contribution in [1.29, 1.82) is 0 Å². The largest absolute Gasteiger partial charge is 0.461 e. The number of ether oxygens (including phenoxy) is 2. The van der Waals surface area contributed by atoms with Gasteiger partial charge in [0.15, 0.2) is 0 Å². The molecule has 3 heterocycles. The van der Waals surface area contributed by atoms with Crippen LogP contribution >= 0.6 is 0 Å². The van der Waals surface area contributed by atoms with E-state index in [0.29, 0.717) is 36.8 Å². The molecule has 0 aliphatic carbocycles. The third kappa shape index (κ3) is 1.53. The summed E-state index contributed by atoms with van der Waals surface area (Å²) >= 11 is 0. The van der Waals surface area contributed by atoms with Crippen molar-refractivity contribution in [2.75, 3.05) is 12.3 Å². The quantitative estimate of drug-likeness (QED) is 0.782. The third-order valence-electron chi connectivity index (χ3n) is 3.00. The van der Waals surface area contributed by atoms with E-state index < -0.39 is 0 Å². The molecule has 94 valence electrons. The summed E-state index contributed by atoms with van der Waals surface area (Å²) in [5.41, 5.74) is 9.60. The summed E-state index contributed by atoms with van der Waals surface area (Å²) in [5, 5.41) is 0. The normalized spacial score (nSPS) is 13.8. The van der Waals surface area contributed by atoms with Gasteiger partial charge in [0.05, 0.1) is 30.9 Å². The van der Waals surface area contributed by atoms with Crippen LogP contribution in [0.15, 0.2) is 6.07 Å². The lowest BCUT2D eigenvalue weighted by molar-refractivity contribution is 0.0520. The molecule has 3 rings (SSSR count). The zero-order valence-corrected chi connectivity index (χ0v) is 9.95. The van der Waals surface area contributed by atoms with E-state index in [1.165, 1.54) is 0 Å². The maximum absolute atomic E-state index is 11.7. The van der Waals surface area contributed by atoms with Crippen molar-refractivity contribution < 1.29 is 14.3 Å². The van der Waals surface area contributed by atoms with Crippen molar-refractivity contribution in [2.45, 2.75) is 20.1 Å². The average Bonchev–Trinajstić information content (AvgIpc) is 2.93. The molecule has 0 saturated carbocycles. The number of carbonyl (C=O) groups is 1. The van der Waals surface area contributed by atoms with E-state index in [-0.39, 0.29) is 5.97 Å². The van der Waals surface area contributed by atoms with Crippen molar-refractivity contribution in [3.8, 4) is 0 Å². The first-order valence-electron chi connectivity index (χ1n) is 5.75. The van der Waals surface area contributed by atoms with Gasteiger partial charge in [0.2, 0.25) is 0 Å². The second-order valence-electron chi connectivity index (χ2n) is 4.11. The van der Waals surface area contributed by atoms with Crippen molar-refractivity contribution in [3.63, 3.8) is 0 Å². The van der Waals surface area contributed by atoms with Gasteiger partial charge in [0, 0.05) is 11.1 Å². The summed E-state index contributed by atoms with van der Waals surface area (Å²) in [4.78, 5) is 19.0. The summed E-state index contributed by atoms with van der Waals surface area (Å²) in [6.07, 6.45) is 0. The van der Waals surface area contributed by atoms with Gasteiger partial charge >= 0.3 is 5.97 Å². The van der Waals surface area contributed by atoms with Gasteiger partial charge < -0.3 is 20.2 Å². The fourth-order valence-corrected chi connectivity index (χ4v) is 2.16. The molecule has 3 N–H and O–H groups in total. The second kappa shape index (κ2) is 3.99. The molecule has 1 aliphatic heterocycles. The molecule has 0 unspecified atom stereocenters. The fourth-order valence-electron chi connectivity index (χ4n) is 2.16. The summed E-state index contributed by atoms with van der Waals surface area (Å²) in [7, 11) is 0. The topological polar surface area (TPSA) is 90.2 Å². The Morgan fingerprint density at radius 2 is 2.33 bits per heavy atom. The molecule has 0 radical (unpaired) electrons. The molecule has 1 aliphatic rings. The van der Waals surface area contributed by atoms with Crippen LogP contribution in [-0.4, -0.2) is 22.5 Å². The van der Waals surface area contributed by atoms with Gasteiger partial charge in [-0.2, -0.15) is 0 Å². The lowest BCUT2D eigenvalue weighted by Crippen LogP contribution is -2.04. The van der Waals surface area contributed by atoms with E-state index >= 15 is 0 Å².